The molecule has 2 aromatic rings. The van der Waals surface area contributed by atoms with Gasteiger partial charge in [0, 0.05) is 9.50 Å². The van der Waals surface area contributed by atoms with Crippen LogP contribution in [0.2, 0.25) is 5.02 Å². The Morgan fingerprint density at radius 2 is 1.83 bits per heavy atom. The lowest BCUT2D eigenvalue weighted by Crippen LogP contribution is -2.35. The quantitative estimate of drug-likeness (QED) is 0.803. The molecular formula is C15H13BrClNO4S. The largest absolute Gasteiger partial charge is 0.480 e. The summed E-state index contributed by atoms with van der Waals surface area (Å²) in [6.07, 6.45) is 0. The van der Waals surface area contributed by atoms with Crippen LogP contribution in [0.15, 0.2) is 51.8 Å². The molecule has 0 radical (unpaired) electrons. The first-order valence-electron chi connectivity index (χ1n) is 6.48. The number of benzene rings is 2. The third-order valence-electron chi connectivity index (χ3n) is 3.12. The summed E-state index contributed by atoms with van der Waals surface area (Å²) in [6, 6.07) is 10.6. The molecule has 0 amide bonds. The maximum absolute atomic E-state index is 12.8. The lowest BCUT2D eigenvalue weighted by molar-refractivity contribution is -0.135. The number of aliphatic carboxylic acids is 1. The van der Waals surface area contributed by atoms with Crippen LogP contribution in [-0.4, -0.2) is 26.0 Å². The second-order valence-electron chi connectivity index (χ2n) is 4.79. The van der Waals surface area contributed by atoms with Crippen molar-refractivity contribution >= 4 is 49.2 Å². The Hall–Kier alpha value is -1.57. The number of anilines is 1. The number of hydrogen-bond acceptors (Lipinski definition) is 3. The minimum atomic E-state index is -4.02. The van der Waals surface area contributed by atoms with Gasteiger partial charge in [-0.1, -0.05) is 33.6 Å². The van der Waals surface area contributed by atoms with Crippen molar-refractivity contribution < 1.29 is 18.3 Å². The molecule has 122 valence electrons. The van der Waals surface area contributed by atoms with Gasteiger partial charge in [-0.2, -0.15) is 0 Å². The summed E-state index contributed by atoms with van der Waals surface area (Å²) in [4.78, 5) is 11.1. The van der Waals surface area contributed by atoms with Crippen LogP contribution in [0.3, 0.4) is 0 Å². The van der Waals surface area contributed by atoms with Gasteiger partial charge < -0.3 is 5.11 Å². The average Bonchev–Trinajstić information content (AvgIpc) is 2.48. The van der Waals surface area contributed by atoms with Crippen LogP contribution >= 0.6 is 27.5 Å². The maximum Gasteiger partial charge on any atom is 0.324 e. The summed E-state index contributed by atoms with van der Waals surface area (Å²) in [5.74, 6) is -1.26. The van der Waals surface area contributed by atoms with E-state index in [1.54, 1.807) is 25.1 Å². The van der Waals surface area contributed by atoms with Crippen molar-refractivity contribution in [2.24, 2.45) is 0 Å². The molecule has 0 aliphatic carbocycles. The molecule has 0 aromatic heterocycles. The van der Waals surface area contributed by atoms with E-state index in [1.165, 1.54) is 24.3 Å². The molecule has 0 aliphatic rings. The number of carboxylic acids is 1. The monoisotopic (exact) mass is 417 g/mol. The van der Waals surface area contributed by atoms with Crippen molar-refractivity contribution in [1.29, 1.82) is 0 Å². The minimum Gasteiger partial charge on any atom is -0.480 e. The summed E-state index contributed by atoms with van der Waals surface area (Å²) >= 11 is 9.27. The third kappa shape index (κ3) is 4.04. The molecule has 0 aliphatic heterocycles. The lowest BCUT2D eigenvalue weighted by atomic mass is 10.2. The lowest BCUT2D eigenvalue weighted by Gasteiger charge is -2.23. The normalized spacial score (nSPS) is 11.3. The fourth-order valence-electron chi connectivity index (χ4n) is 1.91. The van der Waals surface area contributed by atoms with E-state index in [4.69, 9.17) is 16.7 Å². The standard InChI is InChI=1S/C15H13BrClNO4S/c1-10-2-5-12(8-14(10)17)18(9-15(19)20)23(21,22)13-6-3-11(16)4-7-13/h2-8H,9H2,1H3,(H,19,20). The zero-order valence-electron chi connectivity index (χ0n) is 12.0. The van der Waals surface area contributed by atoms with Crippen LogP contribution in [0, 0.1) is 6.92 Å². The van der Waals surface area contributed by atoms with E-state index in [2.05, 4.69) is 15.9 Å². The molecule has 0 saturated carbocycles. The van der Waals surface area contributed by atoms with Crippen LogP contribution in [0.25, 0.3) is 0 Å². The van der Waals surface area contributed by atoms with Crippen molar-refractivity contribution in [3.8, 4) is 0 Å². The van der Waals surface area contributed by atoms with Gasteiger partial charge in [0.05, 0.1) is 10.6 Å². The Morgan fingerprint density at radius 1 is 1.22 bits per heavy atom. The van der Waals surface area contributed by atoms with E-state index in [1.807, 2.05) is 0 Å². The molecule has 0 saturated heterocycles. The number of carboxylic acid groups (broad SMARTS) is 1. The van der Waals surface area contributed by atoms with Gasteiger partial charge in [0.15, 0.2) is 0 Å². The molecule has 0 atom stereocenters. The maximum atomic E-state index is 12.8. The molecule has 23 heavy (non-hydrogen) atoms. The predicted molar refractivity (Wildman–Crippen MR) is 92.5 cm³/mol. The predicted octanol–water partition coefficient (Wildman–Crippen LogP) is 3.69. The van der Waals surface area contributed by atoms with E-state index >= 15 is 0 Å². The van der Waals surface area contributed by atoms with Gasteiger partial charge >= 0.3 is 5.97 Å². The van der Waals surface area contributed by atoms with Crippen molar-refractivity contribution in [2.45, 2.75) is 11.8 Å². The van der Waals surface area contributed by atoms with Crippen LogP contribution in [0.1, 0.15) is 5.56 Å². The molecule has 2 aromatic carbocycles. The first-order valence-corrected chi connectivity index (χ1v) is 9.09. The first-order chi connectivity index (χ1) is 10.7. The van der Waals surface area contributed by atoms with E-state index in [0.717, 1.165) is 14.3 Å². The number of hydrogen-bond donors (Lipinski definition) is 1. The molecule has 0 heterocycles. The van der Waals surface area contributed by atoms with Gasteiger partial charge in [-0.3, -0.25) is 9.10 Å². The molecule has 0 fully saturated rings. The number of sulfonamides is 1. The highest BCUT2D eigenvalue weighted by molar-refractivity contribution is 9.10. The summed E-state index contributed by atoms with van der Waals surface area (Å²) in [5, 5.41) is 9.44. The highest BCUT2D eigenvalue weighted by Gasteiger charge is 2.27. The smallest absolute Gasteiger partial charge is 0.324 e. The average molecular weight is 419 g/mol. The minimum absolute atomic E-state index is 0.00125. The van der Waals surface area contributed by atoms with Crippen LogP contribution in [-0.2, 0) is 14.8 Å². The second kappa shape index (κ2) is 6.90. The Balaban J connectivity index is 2.55. The topological polar surface area (TPSA) is 74.7 Å². The zero-order valence-corrected chi connectivity index (χ0v) is 15.2. The van der Waals surface area contributed by atoms with Crippen molar-refractivity contribution in [1.82, 2.24) is 0 Å². The van der Waals surface area contributed by atoms with E-state index in [9.17, 15) is 13.2 Å². The van der Waals surface area contributed by atoms with E-state index < -0.39 is 22.5 Å². The molecule has 5 nitrogen and oxygen atoms in total. The first kappa shape index (κ1) is 17.8. The molecule has 0 spiro atoms. The van der Waals surface area contributed by atoms with Crippen LogP contribution in [0.4, 0.5) is 5.69 Å². The molecule has 0 bridgehead atoms. The van der Waals surface area contributed by atoms with Gasteiger partial charge in [-0.05, 0) is 48.9 Å². The Labute approximate surface area is 147 Å². The number of nitrogens with zero attached hydrogens (tertiary/aromatic N) is 1. The van der Waals surface area contributed by atoms with Crippen molar-refractivity contribution in [3.05, 3.63) is 57.5 Å². The third-order valence-corrected chi connectivity index (χ3v) is 5.85. The van der Waals surface area contributed by atoms with Gasteiger partial charge in [-0.15, -0.1) is 0 Å². The number of rotatable bonds is 5. The molecule has 1 N–H and O–H groups in total. The summed E-state index contributed by atoms with van der Waals surface area (Å²) < 4.78 is 27.1. The fourth-order valence-corrected chi connectivity index (χ4v) is 3.75. The molecule has 8 heteroatoms. The van der Waals surface area contributed by atoms with Gasteiger partial charge in [0.25, 0.3) is 10.0 Å². The van der Waals surface area contributed by atoms with Crippen LogP contribution in [0.5, 0.6) is 0 Å². The van der Waals surface area contributed by atoms with Crippen molar-refractivity contribution in [2.75, 3.05) is 10.8 Å². The highest BCUT2D eigenvalue weighted by Crippen LogP contribution is 2.28. The summed E-state index contributed by atoms with van der Waals surface area (Å²) in [7, 11) is -4.02. The SMILES string of the molecule is Cc1ccc(N(CC(=O)O)S(=O)(=O)c2ccc(Br)cc2)cc1Cl. The van der Waals surface area contributed by atoms with Gasteiger partial charge in [0.1, 0.15) is 6.54 Å². The Morgan fingerprint density at radius 3 is 2.35 bits per heavy atom. The van der Waals surface area contributed by atoms with E-state index in [-0.39, 0.29) is 10.6 Å². The van der Waals surface area contributed by atoms with Crippen LogP contribution < -0.4 is 4.31 Å². The van der Waals surface area contributed by atoms with Gasteiger partial charge in [-0.25, -0.2) is 8.42 Å². The molecule has 2 rings (SSSR count). The molecular weight excluding hydrogens is 406 g/mol. The number of carbonyl (C=O) groups is 1. The summed E-state index contributed by atoms with van der Waals surface area (Å²) in [5.41, 5.74) is 0.970. The second-order valence-corrected chi connectivity index (χ2v) is 7.98. The molecule has 0 unspecified atom stereocenters. The Bertz CT molecular complexity index is 837. The van der Waals surface area contributed by atoms with Crippen molar-refractivity contribution in [3.63, 3.8) is 0 Å². The number of halogens is 2. The summed E-state index contributed by atoms with van der Waals surface area (Å²) in [6.45, 7) is 1.08. The highest BCUT2D eigenvalue weighted by atomic mass is 79.9. The zero-order chi connectivity index (χ0) is 17.2. The fraction of sp³-hybridized carbons (Fsp3) is 0.133. The van der Waals surface area contributed by atoms with E-state index in [0.29, 0.717) is 5.02 Å². The Kier molecular flexibility index (Phi) is 5.33. The number of aryl methyl sites for hydroxylation is 1. The van der Waals surface area contributed by atoms with Gasteiger partial charge in [0.2, 0.25) is 0 Å².